The van der Waals surface area contributed by atoms with Crippen LogP contribution in [0.5, 0.6) is 0 Å². The zero-order valence-corrected chi connectivity index (χ0v) is 19.2. The summed E-state index contributed by atoms with van der Waals surface area (Å²) >= 11 is 6.68. The minimum atomic E-state index is -3.76. The molecule has 2 aromatic heterocycles. The lowest BCUT2D eigenvalue weighted by Gasteiger charge is -2.09. The minimum absolute atomic E-state index is 0.0482. The molecule has 0 saturated heterocycles. The number of halogens is 1. The van der Waals surface area contributed by atoms with Crippen molar-refractivity contribution in [2.45, 2.75) is 24.0 Å². The molecule has 32 heavy (non-hydrogen) atoms. The van der Waals surface area contributed by atoms with Gasteiger partial charge in [-0.05, 0) is 36.8 Å². The van der Waals surface area contributed by atoms with E-state index in [0.717, 1.165) is 22.5 Å². The summed E-state index contributed by atoms with van der Waals surface area (Å²) in [4.78, 5) is 24.7. The Labute approximate surface area is 193 Å². The number of aromatic nitrogens is 2. The Morgan fingerprint density at radius 2 is 1.97 bits per heavy atom. The second kappa shape index (κ2) is 8.89. The molecule has 0 bridgehead atoms. The van der Waals surface area contributed by atoms with Crippen molar-refractivity contribution in [3.8, 4) is 0 Å². The standard InChI is InChI=1S/C21H17ClN4O4S2/c1-13-3-2-4-14(9-13)17-11-20(28)26(25-17)19-7-5-15(23-24-19)10-16(27)12-32(29,30)21-8-6-18(22)31-21/h2-9H,10-12H2,1H3. The van der Waals surface area contributed by atoms with Crippen molar-refractivity contribution in [2.75, 3.05) is 10.8 Å². The number of aryl methyl sites for hydroxylation is 1. The molecular formula is C21H17ClN4O4S2. The fourth-order valence-corrected chi connectivity index (χ4v) is 5.97. The first-order chi connectivity index (χ1) is 15.2. The lowest BCUT2D eigenvalue weighted by molar-refractivity contribution is -0.117. The van der Waals surface area contributed by atoms with Crippen LogP contribution in [0.4, 0.5) is 5.82 Å². The number of sulfone groups is 1. The van der Waals surface area contributed by atoms with Crippen molar-refractivity contribution in [3.63, 3.8) is 0 Å². The normalized spacial score (nSPS) is 14.0. The Balaban J connectivity index is 1.44. The van der Waals surface area contributed by atoms with E-state index < -0.39 is 21.4 Å². The van der Waals surface area contributed by atoms with E-state index in [-0.39, 0.29) is 28.8 Å². The molecular weight excluding hydrogens is 472 g/mol. The summed E-state index contributed by atoms with van der Waals surface area (Å²) in [6.07, 6.45) is -0.0483. The fraction of sp³-hybridized carbons (Fsp3) is 0.190. The Morgan fingerprint density at radius 1 is 1.16 bits per heavy atom. The molecule has 0 radical (unpaired) electrons. The molecule has 1 amide bonds. The highest BCUT2D eigenvalue weighted by Gasteiger charge is 2.28. The van der Waals surface area contributed by atoms with Gasteiger partial charge < -0.3 is 0 Å². The zero-order chi connectivity index (χ0) is 22.9. The van der Waals surface area contributed by atoms with Crippen LogP contribution in [-0.4, -0.2) is 41.8 Å². The molecule has 11 heteroatoms. The number of hydrazone groups is 1. The number of nitrogens with zero attached hydrogens (tertiary/aromatic N) is 4. The van der Waals surface area contributed by atoms with E-state index in [4.69, 9.17) is 11.6 Å². The van der Waals surface area contributed by atoms with E-state index in [1.165, 1.54) is 29.3 Å². The molecule has 3 aromatic rings. The maximum Gasteiger partial charge on any atom is 0.255 e. The average molecular weight is 489 g/mol. The van der Waals surface area contributed by atoms with E-state index in [0.29, 0.717) is 15.7 Å². The average Bonchev–Trinajstić information content (AvgIpc) is 3.34. The maximum atomic E-state index is 12.4. The molecule has 0 saturated carbocycles. The van der Waals surface area contributed by atoms with Gasteiger partial charge in [0.05, 0.1) is 28.6 Å². The highest BCUT2D eigenvalue weighted by Crippen LogP contribution is 2.26. The quantitative estimate of drug-likeness (QED) is 0.505. The first kappa shape index (κ1) is 22.3. The second-order valence-corrected chi connectivity index (χ2v) is 11.1. The number of Topliss-reactive ketones (excluding diaryl/α,β-unsaturated/α-hetero) is 1. The highest BCUT2D eigenvalue weighted by molar-refractivity contribution is 7.94. The van der Waals surface area contributed by atoms with E-state index >= 15 is 0 Å². The number of thiophene rings is 1. The van der Waals surface area contributed by atoms with Crippen molar-refractivity contribution in [1.29, 1.82) is 0 Å². The number of hydrogen-bond acceptors (Lipinski definition) is 8. The topological polar surface area (TPSA) is 110 Å². The van der Waals surface area contributed by atoms with Crippen molar-refractivity contribution >= 4 is 56.0 Å². The Kier molecular flexibility index (Phi) is 6.18. The summed E-state index contributed by atoms with van der Waals surface area (Å²) in [5.41, 5.74) is 2.87. The van der Waals surface area contributed by atoms with Crippen LogP contribution in [0.2, 0.25) is 4.34 Å². The van der Waals surface area contributed by atoms with Crippen molar-refractivity contribution in [3.05, 3.63) is 69.7 Å². The highest BCUT2D eigenvalue weighted by atomic mass is 35.5. The number of benzene rings is 1. The molecule has 0 atom stereocenters. The maximum absolute atomic E-state index is 12.4. The van der Waals surface area contributed by atoms with Gasteiger partial charge in [-0.2, -0.15) is 15.2 Å². The molecule has 3 heterocycles. The molecule has 4 rings (SSSR count). The molecule has 0 aliphatic carbocycles. The van der Waals surface area contributed by atoms with Crippen LogP contribution in [0, 0.1) is 6.92 Å². The number of ketones is 1. The lowest BCUT2D eigenvalue weighted by atomic mass is 10.1. The van der Waals surface area contributed by atoms with Gasteiger partial charge in [-0.3, -0.25) is 9.59 Å². The molecule has 164 valence electrons. The Hall–Kier alpha value is -2.95. The van der Waals surface area contributed by atoms with E-state index in [9.17, 15) is 18.0 Å². The third-order valence-electron chi connectivity index (χ3n) is 4.63. The molecule has 8 nitrogen and oxygen atoms in total. The molecule has 1 aromatic carbocycles. The van der Waals surface area contributed by atoms with Crippen molar-refractivity contribution in [1.82, 2.24) is 10.2 Å². The van der Waals surface area contributed by atoms with Gasteiger partial charge in [-0.25, -0.2) is 8.42 Å². The monoisotopic (exact) mass is 488 g/mol. The lowest BCUT2D eigenvalue weighted by Crippen LogP contribution is -2.22. The predicted molar refractivity (Wildman–Crippen MR) is 122 cm³/mol. The van der Waals surface area contributed by atoms with Gasteiger partial charge in [-0.1, -0.05) is 41.4 Å². The number of anilines is 1. The van der Waals surface area contributed by atoms with Crippen molar-refractivity contribution < 1.29 is 18.0 Å². The van der Waals surface area contributed by atoms with Crippen LogP contribution in [0.15, 0.2) is 57.8 Å². The van der Waals surface area contributed by atoms with Gasteiger partial charge in [0, 0.05) is 0 Å². The molecule has 1 aliphatic rings. The van der Waals surface area contributed by atoms with Gasteiger partial charge >= 0.3 is 0 Å². The zero-order valence-electron chi connectivity index (χ0n) is 16.9. The van der Waals surface area contributed by atoms with Crippen LogP contribution in [0.3, 0.4) is 0 Å². The van der Waals surface area contributed by atoms with Gasteiger partial charge in [-0.15, -0.1) is 16.4 Å². The number of carbonyl (C=O) groups excluding carboxylic acids is 2. The van der Waals surface area contributed by atoms with E-state index in [2.05, 4.69) is 15.3 Å². The molecule has 0 unspecified atom stereocenters. The van der Waals surface area contributed by atoms with Crippen LogP contribution in [0.1, 0.15) is 23.2 Å². The summed E-state index contributed by atoms with van der Waals surface area (Å²) < 4.78 is 25.0. The first-order valence-corrected chi connectivity index (χ1v) is 12.4. The third kappa shape index (κ3) is 4.93. The number of hydrogen-bond donors (Lipinski definition) is 0. The first-order valence-electron chi connectivity index (χ1n) is 9.51. The summed E-state index contributed by atoms with van der Waals surface area (Å²) in [5, 5.41) is 13.5. The molecule has 1 aliphatic heterocycles. The number of rotatable bonds is 7. The second-order valence-electron chi connectivity index (χ2n) is 7.21. The summed E-state index contributed by atoms with van der Waals surface area (Å²) in [6, 6.07) is 13.6. The minimum Gasteiger partial charge on any atom is -0.298 e. The molecule has 0 N–H and O–H groups in total. The molecule has 0 spiro atoms. The number of amides is 1. The van der Waals surface area contributed by atoms with E-state index in [1.54, 1.807) is 0 Å². The van der Waals surface area contributed by atoms with Gasteiger partial charge in [0.1, 0.15) is 9.96 Å². The predicted octanol–water partition coefficient (Wildman–Crippen LogP) is 3.23. The SMILES string of the molecule is Cc1cccc(C2=NN(c3ccc(CC(=O)CS(=O)(=O)c4ccc(Cl)s4)nn3)C(=O)C2)c1. The third-order valence-corrected chi connectivity index (χ3v) is 8.12. The van der Waals surface area contributed by atoms with Gasteiger partial charge in [0.25, 0.3) is 5.91 Å². The van der Waals surface area contributed by atoms with Crippen molar-refractivity contribution in [2.24, 2.45) is 5.10 Å². The Morgan fingerprint density at radius 3 is 2.62 bits per heavy atom. The summed E-state index contributed by atoms with van der Waals surface area (Å²) in [5.74, 6) is -1.18. The Bertz CT molecular complexity index is 1330. The van der Waals surface area contributed by atoms with Crippen LogP contribution in [-0.2, 0) is 25.8 Å². The van der Waals surface area contributed by atoms with Gasteiger partial charge in [0.2, 0.25) is 0 Å². The smallest absolute Gasteiger partial charge is 0.255 e. The fourth-order valence-electron chi connectivity index (χ4n) is 3.15. The van der Waals surface area contributed by atoms with Crippen LogP contribution >= 0.6 is 22.9 Å². The van der Waals surface area contributed by atoms with E-state index in [1.807, 2.05) is 31.2 Å². The van der Waals surface area contributed by atoms with Crippen LogP contribution < -0.4 is 5.01 Å². The molecule has 0 fully saturated rings. The summed E-state index contributed by atoms with van der Waals surface area (Å²) in [6.45, 7) is 1.96. The van der Waals surface area contributed by atoms with Crippen LogP contribution in [0.25, 0.3) is 0 Å². The summed E-state index contributed by atoms with van der Waals surface area (Å²) in [7, 11) is -3.76. The number of carbonyl (C=O) groups is 2. The van der Waals surface area contributed by atoms with Gasteiger partial charge in [0.15, 0.2) is 21.4 Å². The largest absolute Gasteiger partial charge is 0.298 e.